The minimum atomic E-state index is 0.0254. The number of halogens is 1. The zero-order chi connectivity index (χ0) is 12.5. The van der Waals surface area contributed by atoms with E-state index in [2.05, 4.69) is 33.4 Å². The number of hydrogen-bond acceptors (Lipinski definition) is 2. The second kappa shape index (κ2) is 5.02. The Kier molecular flexibility index (Phi) is 3.39. The number of alkyl halides is 1. The van der Waals surface area contributed by atoms with Crippen LogP contribution in [-0.2, 0) is 16.0 Å². The van der Waals surface area contributed by atoms with Crippen LogP contribution in [-0.4, -0.2) is 23.9 Å². The molecule has 0 radical (unpaired) electrons. The summed E-state index contributed by atoms with van der Waals surface area (Å²) < 4.78 is 5.27. The summed E-state index contributed by atoms with van der Waals surface area (Å²) >= 11 is 3.68. The molecule has 1 aromatic rings. The van der Waals surface area contributed by atoms with Gasteiger partial charge in [0.25, 0.3) is 0 Å². The number of amides is 1. The van der Waals surface area contributed by atoms with Crippen LogP contribution in [0.2, 0.25) is 0 Å². The Morgan fingerprint density at radius 1 is 1.39 bits per heavy atom. The highest BCUT2D eigenvalue weighted by Crippen LogP contribution is 2.36. The molecule has 3 rings (SSSR count). The van der Waals surface area contributed by atoms with Crippen molar-refractivity contribution in [2.24, 2.45) is 5.92 Å². The van der Waals surface area contributed by atoms with Crippen molar-refractivity contribution in [1.82, 2.24) is 5.32 Å². The molecule has 1 fully saturated rings. The number of hydrogen-bond donors (Lipinski definition) is 1. The summed E-state index contributed by atoms with van der Waals surface area (Å²) in [5, 5.41) is 3.16. The van der Waals surface area contributed by atoms with Crippen molar-refractivity contribution in [3.05, 3.63) is 35.4 Å². The highest BCUT2D eigenvalue weighted by atomic mass is 79.9. The summed E-state index contributed by atoms with van der Waals surface area (Å²) in [6, 6.07) is 8.41. The van der Waals surface area contributed by atoms with Gasteiger partial charge in [-0.3, -0.25) is 4.79 Å². The van der Waals surface area contributed by atoms with Crippen LogP contribution in [0.15, 0.2) is 24.3 Å². The molecule has 0 spiro atoms. The smallest absolute Gasteiger partial charge is 0.226 e. The number of fused-ring (bicyclic) bond motifs is 1. The maximum atomic E-state index is 12.1. The standard InChI is InChI=1S/C14H16BrNO2/c15-12-7-9-3-1-2-4-11(9)13(12)16-14(17)10-5-6-18-8-10/h1-4,10,12-13H,5-8H2,(H,16,17). The topological polar surface area (TPSA) is 38.3 Å². The summed E-state index contributed by atoms with van der Waals surface area (Å²) in [5.74, 6) is 0.149. The van der Waals surface area contributed by atoms with Crippen molar-refractivity contribution in [1.29, 1.82) is 0 Å². The Morgan fingerprint density at radius 3 is 3.00 bits per heavy atom. The van der Waals surface area contributed by atoms with E-state index in [4.69, 9.17) is 4.74 Å². The van der Waals surface area contributed by atoms with Gasteiger partial charge >= 0.3 is 0 Å². The lowest BCUT2D eigenvalue weighted by Gasteiger charge is -2.19. The predicted molar refractivity (Wildman–Crippen MR) is 72.7 cm³/mol. The minimum absolute atomic E-state index is 0.0254. The second-order valence-electron chi connectivity index (χ2n) is 4.97. The maximum absolute atomic E-state index is 12.1. The van der Waals surface area contributed by atoms with Gasteiger partial charge in [0, 0.05) is 11.4 Å². The van der Waals surface area contributed by atoms with Crippen LogP contribution < -0.4 is 5.32 Å². The van der Waals surface area contributed by atoms with Gasteiger partial charge in [0.1, 0.15) is 0 Å². The van der Waals surface area contributed by atoms with Crippen molar-refractivity contribution >= 4 is 21.8 Å². The van der Waals surface area contributed by atoms with E-state index < -0.39 is 0 Å². The third-order valence-corrected chi connectivity index (χ3v) is 4.62. The highest BCUT2D eigenvalue weighted by Gasteiger charge is 2.33. The summed E-state index contributed by atoms with van der Waals surface area (Å²) in [4.78, 5) is 12.4. The van der Waals surface area contributed by atoms with E-state index in [1.54, 1.807) is 0 Å². The third-order valence-electron chi connectivity index (χ3n) is 3.76. The molecule has 3 unspecified atom stereocenters. The fourth-order valence-electron chi connectivity index (χ4n) is 2.73. The summed E-state index contributed by atoms with van der Waals surface area (Å²) in [6.07, 6.45) is 1.81. The largest absolute Gasteiger partial charge is 0.381 e. The van der Waals surface area contributed by atoms with E-state index in [0.717, 1.165) is 12.8 Å². The lowest BCUT2D eigenvalue weighted by atomic mass is 10.1. The van der Waals surface area contributed by atoms with Crippen LogP contribution in [0.25, 0.3) is 0 Å². The summed E-state index contributed by atoms with van der Waals surface area (Å²) in [6.45, 7) is 1.27. The third kappa shape index (κ3) is 2.19. The molecule has 1 saturated heterocycles. The summed E-state index contributed by atoms with van der Waals surface area (Å²) in [5.41, 5.74) is 2.57. The normalized spacial score (nSPS) is 30.2. The first-order valence-electron chi connectivity index (χ1n) is 6.35. The van der Waals surface area contributed by atoms with Crippen LogP contribution >= 0.6 is 15.9 Å². The van der Waals surface area contributed by atoms with Gasteiger partial charge in [0.05, 0.1) is 18.6 Å². The molecule has 1 N–H and O–H groups in total. The number of carbonyl (C=O) groups excluding carboxylic acids is 1. The molecule has 0 bridgehead atoms. The first-order chi connectivity index (χ1) is 8.75. The first-order valence-corrected chi connectivity index (χ1v) is 7.27. The first kappa shape index (κ1) is 12.2. The summed E-state index contributed by atoms with van der Waals surface area (Å²) in [7, 11) is 0. The van der Waals surface area contributed by atoms with Crippen LogP contribution in [0.4, 0.5) is 0 Å². The van der Waals surface area contributed by atoms with E-state index in [1.165, 1.54) is 11.1 Å². The minimum Gasteiger partial charge on any atom is -0.381 e. The molecule has 96 valence electrons. The quantitative estimate of drug-likeness (QED) is 0.851. The number of carbonyl (C=O) groups is 1. The Bertz CT molecular complexity index is 457. The van der Waals surface area contributed by atoms with Crippen LogP contribution in [0.5, 0.6) is 0 Å². The molecule has 1 aliphatic carbocycles. The van der Waals surface area contributed by atoms with Crippen molar-refractivity contribution < 1.29 is 9.53 Å². The van der Waals surface area contributed by atoms with Gasteiger partial charge in [-0.25, -0.2) is 0 Å². The average Bonchev–Trinajstić information content (AvgIpc) is 2.98. The van der Waals surface area contributed by atoms with E-state index in [-0.39, 0.29) is 17.9 Å². The van der Waals surface area contributed by atoms with Crippen molar-refractivity contribution in [3.63, 3.8) is 0 Å². The second-order valence-corrected chi connectivity index (χ2v) is 6.14. The maximum Gasteiger partial charge on any atom is 0.226 e. The molecule has 3 nitrogen and oxygen atoms in total. The highest BCUT2D eigenvalue weighted by molar-refractivity contribution is 9.09. The van der Waals surface area contributed by atoms with Crippen molar-refractivity contribution in [2.75, 3.05) is 13.2 Å². The molecule has 1 heterocycles. The fourth-order valence-corrected chi connectivity index (χ4v) is 3.49. The van der Waals surface area contributed by atoms with Gasteiger partial charge in [-0.1, -0.05) is 40.2 Å². The van der Waals surface area contributed by atoms with E-state index in [9.17, 15) is 4.79 Å². The fraction of sp³-hybridized carbons (Fsp3) is 0.500. The van der Waals surface area contributed by atoms with E-state index >= 15 is 0 Å². The van der Waals surface area contributed by atoms with Gasteiger partial charge in [0.2, 0.25) is 5.91 Å². The predicted octanol–water partition coefficient (Wildman–Crippen LogP) is 2.20. The monoisotopic (exact) mass is 309 g/mol. The Morgan fingerprint density at radius 2 is 2.22 bits per heavy atom. The lowest BCUT2D eigenvalue weighted by Crippen LogP contribution is -2.36. The molecule has 0 saturated carbocycles. The number of nitrogens with one attached hydrogen (secondary N) is 1. The molecule has 18 heavy (non-hydrogen) atoms. The number of benzene rings is 1. The Balaban J connectivity index is 1.74. The molecule has 0 aromatic heterocycles. The van der Waals surface area contributed by atoms with Gasteiger partial charge < -0.3 is 10.1 Å². The zero-order valence-electron chi connectivity index (χ0n) is 10.1. The zero-order valence-corrected chi connectivity index (χ0v) is 11.7. The molecule has 1 amide bonds. The lowest BCUT2D eigenvalue weighted by molar-refractivity contribution is -0.125. The molecule has 1 aromatic carbocycles. The molecule has 2 aliphatic rings. The van der Waals surface area contributed by atoms with Crippen molar-refractivity contribution in [3.8, 4) is 0 Å². The Hall–Kier alpha value is -0.870. The van der Waals surface area contributed by atoms with E-state index in [1.807, 2.05) is 12.1 Å². The van der Waals surface area contributed by atoms with Gasteiger partial charge in [0.15, 0.2) is 0 Å². The molecule has 4 heteroatoms. The Labute approximate surface area is 115 Å². The number of rotatable bonds is 2. The molecule has 3 atom stereocenters. The molecular formula is C14H16BrNO2. The molecule has 1 aliphatic heterocycles. The SMILES string of the molecule is O=C(NC1c2ccccc2CC1Br)C1CCOC1. The van der Waals surface area contributed by atoms with Crippen LogP contribution in [0.1, 0.15) is 23.6 Å². The van der Waals surface area contributed by atoms with Gasteiger partial charge in [-0.2, -0.15) is 0 Å². The van der Waals surface area contributed by atoms with Crippen LogP contribution in [0, 0.1) is 5.92 Å². The number of ether oxygens (including phenoxy) is 1. The van der Waals surface area contributed by atoms with Crippen LogP contribution in [0.3, 0.4) is 0 Å². The van der Waals surface area contributed by atoms with Crippen molar-refractivity contribution in [2.45, 2.75) is 23.7 Å². The molecular weight excluding hydrogens is 294 g/mol. The average molecular weight is 310 g/mol. The van der Waals surface area contributed by atoms with E-state index in [0.29, 0.717) is 18.0 Å². The van der Waals surface area contributed by atoms with Gasteiger partial charge in [-0.05, 0) is 24.0 Å². The van der Waals surface area contributed by atoms with Gasteiger partial charge in [-0.15, -0.1) is 0 Å².